The van der Waals surface area contributed by atoms with Gasteiger partial charge in [-0.2, -0.15) is 5.26 Å². The molecule has 7 heteroatoms. The van der Waals surface area contributed by atoms with Crippen LogP contribution in [0.3, 0.4) is 0 Å². The van der Waals surface area contributed by atoms with Crippen molar-refractivity contribution in [3.63, 3.8) is 0 Å². The Kier molecular flexibility index (Phi) is 6.99. The zero-order valence-electron chi connectivity index (χ0n) is 16.4. The Labute approximate surface area is 164 Å². The fourth-order valence-electron chi connectivity index (χ4n) is 2.81. The van der Waals surface area contributed by atoms with Crippen LogP contribution < -0.4 is 10.1 Å². The first-order valence-electron chi connectivity index (χ1n) is 8.80. The number of hydrogen-bond donors (Lipinski definition) is 1. The molecule has 0 aliphatic rings. The molecule has 0 radical (unpaired) electrons. The molecule has 7 nitrogen and oxygen atoms in total. The number of ether oxygens (including phenoxy) is 2. The van der Waals surface area contributed by atoms with Gasteiger partial charge in [0.1, 0.15) is 17.4 Å². The molecule has 0 aliphatic carbocycles. The second-order valence-electron chi connectivity index (χ2n) is 6.06. The van der Waals surface area contributed by atoms with Crippen LogP contribution in [0, 0.1) is 25.2 Å². The number of hydrogen-bond acceptors (Lipinski definition) is 5. The van der Waals surface area contributed by atoms with Crippen molar-refractivity contribution in [1.82, 2.24) is 9.88 Å². The molecule has 1 aromatic heterocycles. The molecule has 28 heavy (non-hydrogen) atoms. The molecule has 0 fully saturated rings. The van der Waals surface area contributed by atoms with Crippen molar-refractivity contribution >= 4 is 18.0 Å². The summed E-state index contributed by atoms with van der Waals surface area (Å²) in [6, 6.07) is 11.3. The largest absolute Gasteiger partial charge is 0.497 e. The van der Waals surface area contributed by atoms with Crippen molar-refractivity contribution in [2.75, 3.05) is 20.3 Å². The number of nitrogens with one attached hydrogen (secondary N) is 1. The molecule has 2 rings (SSSR count). The number of esters is 1. The first kappa shape index (κ1) is 20.8. The van der Waals surface area contributed by atoms with Crippen molar-refractivity contribution in [2.24, 2.45) is 0 Å². The summed E-state index contributed by atoms with van der Waals surface area (Å²) in [6.07, 6.45) is 1.47. The Morgan fingerprint density at radius 2 is 1.93 bits per heavy atom. The number of nitriles is 1. The lowest BCUT2D eigenvalue weighted by atomic mass is 10.1. The van der Waals surface area contributed by atoms with Gasteiger partial charge in [-0.3, -0.25) is 4.79 Å². The number of nitrogens with zero attached hydrogens (tertiary/aromatic N) is 2. The first-order valence-corrected chi connectivity index (χ1v) is 8.80. The standard InChI is InChI=1S/C21H23N3O4/c1-5-23-20(25)13-28-21(26)17(12-22)11-16-10-14(2)24(15(16)3)18-6-8-19(27-4)9-7-18/h6-11H,5,13H2,1-4H3,(H,23,25)/b17-11+. The van der Waals surface area contributed by atoms with Crippen LogP contribution in [0.4, 0.5) is 0 Å². The lowest BCUT2D eigenvalue weighted by molar-refractivity contribution is -0.144. The summed E-state index contributed by atoms with van der Waals surface area (Å²) in [5.41, 5.74) is 3.31. The fourth-order valence-corrected chi connectivity index (χ4v) is 2.81. The van der Waals surface area contributed by atoms with E-state index in [1.807, 2.05) is 54.8 Å². The maximum Gasteiger partial charge on any atom is 0.349 e. The minimum absolute atomic E-state index is 0.167. The first-order chi connectivity index (χ1) is 13.4. The molecule has 0 bridgehead atoms. The number of rotatable bonds is 7. The molecule has 2 aromatic rings. The van der Waals surface area contributed by atoms with Gasteiger partial charge in [0.15, 0.2) is 6.61 Å². The van der Waals surface area contributed by atoms with E-state index in [1.54, 1.807) is 14.0 Å². The lowest BCUT2D eigenvalue weighted by Crippen LogP contribution is -2.28. The van der Waals surface area contributed by atoms with E-state index in [4.69, 9.17) is 9.47 Å². The van der Waals surface area contributed by atoms with Crippen LogP contribution in [-0.2, 0) is 14.3 Å². The van der Waals surface area contributed by atoms with Gasteiger partial charge < -0.3 is 19.4 Å². The van der Waals surface area contributed by atoms with Crippen molar-refractivity contribution in [2.45, 2.75) is 20.8 Å². The summed E-state index contributed by atoms with van der Waals surface area (Å²) in [5.74, 6) is -0.484. The van der Waals surface area contributed by atoms with E-state index < -0.39 is 18.5 Å². The number of methoxy groups -OCH3 is 1. The van der Waals surface area contributed by atoms with E-state index in [-0.39, 0.29) is 5.57 Å². The van der Waals surface area contributed by atoms with Gasteiger partial charge in [-0.15, -0.1) is 0 Å². The Bertz CT molecular complexity index is 934. The maximum absolute atomic E-state index is 12.1. The summed E-state index contributed by atoms with van der Waals surface area (Å²) >= 11 is 0. The SMILES string of the molecule is CCNC(=O)COC(=O)/C(C#N)=C/c1cc(C)n(-c2ccc(OC)cc2)c1C. The van der Waals surface area contributed by atoms with E-state index >= 15 is 0 Å². The minimum atomic E-state index is -0.831. The van der Waals surface area contributed by atoms with E-state index in [9.17, 15) is 14.9 Å². The Hall–Kier alpha value is -3.53. The van der Waals surface area contributed by atoms with Crippen LogP contribution in [0.2, 0.25) is 0 Å². The van der Waals surface area contributed by atoms with Crippen LogP contribution in [0.15, 0.2) is 35.9 Å². The Balaban J connectivity index is 2.27. The van der Waals surface area contributed by atoms with Crippen LogP contribution in [-0.4, -0.2) is 36.7 Å². The quantitative estimate of drug-likeness (QED) is 0.452. The van der Waals surface area contributed by atoms with Gasteiger partial charge in [0.05, 0.1) is 7.11 Å². The van der Waals surface area contributed by atoms with Crippen LogP contribution in [0.1, 0.15) is 23.9 Å². The monoisotopic (exact) mass is 381 g/mol. The highest BCUT2D eigenvalue weighted by atomic mass is 16.5. The molecule has 1 amide bonds. The molecule has 0 aliphatic heterocycles. The molecule has 0 spiro atoms. The highest BCUT2D eigenvalue weighted by Gasteiger charge is 2.16. The predicted octanol–water partition coefficient (Wildman–Crippen LogP) is 2.69. The van der Waals surface area contributed by atoms with Crippen molar-refractivity contribution < 1.29 is 19.1 Å². The number of aromatic nitrogens is 1. The van der Waals surface area contributed by atoms with Crippen molar-refractivity contribution in [1.29, 1.82) is 5.26 Å². The topological polar surface area (TPSA) is 93.4 Å². The highest BCUT2D eigenvalue weighted by Crippen LogP contribution is 2.24. The fraction of sp³-hybridized carbons (Fsp3) is 0.286. The Morgan fingerprint density at radius 3 is 2.50 bits per heavy atom. The van der Waals surface area contributed by atoms with Crippen LogP contribution >= 0.6 is 0 Å². The minimum Gasteiger partial charge on any atom is -0.497 e. The molecule has 0 atom stereocenters. The average molecular weight is 381 g/mol. The predicted molar refractivity (Wildman–Crippen MR) is 105 cm³/mol. The van der Waals surface area contributed by atoms with Gasteiger partial charge >= 0.3 is 5.97 Å². The normalized spacial score (nSPS) is 10.9. The third-order valence-corrected chi connectivity index (χ3v) is 4.15. The molecular formula is C21H23N3O4. The van der Waals surface area contributed by atoms with Gasteiger partial charge in [0, 0.05) is 23.6 Å². The number of likely N-dealkylation sites (N-methyl/N-ethyl adjacent to an activating group) is 1. The molecule has 1 aromatic carbocycles. The third-order valence-electron chi connectivity index (χ3n) is 4.15. The zero-order valence-corrected chi connectivity index (χ0v) is 16.4. The molecule has 1 N–H and O–H groups in total. The molecule has 0 saturated carbocycles. The molecule has 0 saturated heterocycles. The van der Waals surface area contributed by atoms with Crippen LogP contribution in [0.5, 0.6) is 5.75 Å². The summed E-state index contributed by atoms with van der Waals surface area (Å²) in [7, 11) is 1.61. The van der Waals surface area contributed by atoms with Gasteiger partial charge in [0.2, 0.25) is 0 Å². The van der Waals surface area contributed by atoms with E-state index in [0.717, 1.165) is 28.4 Å². The van der Waals surface area contributed by atoms with E-state index in [0.29, 0.717) is 6.54 Å². The molecule has 0 unspecified atom stereocenters. The number of carbonyl (C=O) groups excluding carboxylic acids is 2. The molecular weight excluding hydrogens is 358 g/mol. The van der Waals surface area contributed by atoms with Crippen molar-refractivity contribution in [3.05, 3.63) is 52.9 Å². The van der Waals surface area contributed by atoms with Crippen LogP contribution in [0.25, 0.3) is 11.8 Å². The number of carbonyl (C=O) groups is 2. The van der Waals surface area contributed by atoms with Crippen molar-refractivity contribution in [3.8, 4) is 17.5 Å². The summed E-state index contributed by atoms with van der Waals surface area (Å²) in [5, 5.41) is 11.9. The third kappa shape index (κ3) is 4.80. The number of amides is 1. The van der Waals surface area contributed by atoms with Gasteiger partial charge in [0.25, 0.3) is 5.91 Å². The summed E-state index contributed by atoms with van der Waals surface area (Å²) < 4.78 is 12.1. The average Bonchev–Trinajstić information content (AvgIpc) is 2.97. The van der Waals surface area contributed by atoms with Gasteiger partial charge in [-0.1, -0.05) is 0 Å². The second kappa shape index (κ2) is 9.42. The molecule has 1 heterocycles. The summed E-state index contributed by atoms with van der Waals surface area (Å²) in [6.45, 7) is 5.62. The Morgan fingerprint density at radius 1 is 1.25 bits per heavy atom. The van der Waals surface area contributed by atoms with Gasteiger partial charge in [-0.25, -0.2) is 4.79 Å². The highest BCUT2D eigenvalue weighted by molar-refractivity contribution is 5.99. The number of aryl methyl sites for hydroxylation is 1. The molecule has 146 valence electrons. The second-order valence-corrected chi connectivity index (χ2v) is 6.06. The maximum atomic E-state index is 12.1. The van der Waals surface area contributed by atoms with Gasteiger partial charge in [-0.05, 0) is 62.7 Å². The smallest absolute Gasteiger partial charge is 0.349 e. The van der Waals surface area contributed by atoms with E-state index in [2.05, 4.69) is 5.32 Å². The lowest BCUT2D eigenvalue weighted by Gasteiger charge is -2.10. The zero-order chi connectivity index (χ0) is 20.7. The van der Waals surface area contributed by atoms with E-state index in [1.165, 1.54) is 6.08 Å². The summed E-state index contributed by atoms with van der Waals surface area (Å²) in [4.78, 5) is 23.5. The number of benzene rings is 1.